The summed E-state index contributed by atoms with van der Waals surface area (Å²) in [4.78, 5) is 4.74. The van der Waals surface area contributed by atoms with Crippen molar-refractivity contribution in [3.8, 4) is 5.75 Å². The van der Waals surface area contributed by atoms with Crippen molar-refractivity contribution in [2.45, 2.75) is 30.2 Å². The quantitative estimate of drug-likeness (QED) is 0.138. The van der Waals surface area contributed by atoms with Gasteiger partial charge >= 0.3 is 10.1 Å². The van der Waals surface area contributed by atoms with Gasteiger partial charge in [0.1, 0.15) is 4.90 Å². The molecule has 1 heterocycles. The molecule has 0 radical (unpaired) electrons. The molecular weight excluding hydrogens is 572 g/mol. The third-order valence-electron chi connectivity index (χ3n) is 7.35. The predicted octanol–water partition coefficient (Wildman–Crippen LogP) is 8.10. The normalized spacial score (nSPS) is 19.9. The maximum absolute atomic E-state index is 12.6. The monoisotopic (exact) mass is 598 g/mol. The Hall–Kier alpha value is -3.68. The molecule has 0 saturated carbocycles. The van der Waals surface area contributed by atoms with Crippen molar-refractivity contribution in [2.75, 3.05) is 5.32 Å². The third kappa shape index (κ3) is 5.29. The largest absolute Gasteiger partial charge is 0.378 e. The Morgan fingerprint density at radius 3 is 2.51 bits per heavy atom. The summed E-state index contributed by atoms with van der Waals surface area (Å²) in [6.45, 7) is 1.90. The van der Waals surface area contributed by atoms with E-state index in [4.69, 9.17) is 4.18 Å². The lowest BCUT2D eigenvalue weighted by atomic mass is 9.77. The van der Waals surface area contributed by atoms with E-state index in [1.165, 1.54) is 28.9 Å². The van der Waals surface area contributed by atoms with E-state index < -0.39 is 10.1 Å². The minimum Gasteiger partial charge on any atom is -0.378 e. The molecule has 4 aromatic rings. The molecule has 196 valence electrons. The molecule has 0 unspecified atom stereocenters. The van der Waals surface area contributed by atoms with Gasteiger partial charge < -0.3 is 9.50 Å². The van der Waals surface area contributed by atoms with Gasteiger partial charge in [-0.2, -0.15) is 8.42 Å². The van der Waals surface area contributed by atoms with Gasteiger partial charge in [-0.15, -0.1) is 0 Å². The van der Waals surface area contributed by atoms with Crippen LogP contribution in [-0.2, 0) is 10.1 Å². The van der Waals surface area contributed by atoms with Crippen LogP contribution in [0.1, 0.15) is 40.6 Å². The molecule has 2 aliphatic rings. The molecule has 0 saturated heterocycles. The van der Waals surface area contributed by atoms with E-state index in [-0.39, 0.29) is 16.7 Å². The van der Waals surface area contributed by atoms with Crippen LogP contribution in [-0.4, -0.2) is 14.6 Å². The summed E-state index contributed by atoms with van der Waals surface area (Å²) in [5, 5.41) is 3.76. The maximum atomic E-state index is 12.6. The van der Waals surface area contributed by atoms with E-state index in [1.54, 1.807) is 36.5 Å². The Labute approximate surface area is 237 Å². The molecule has 1 N–H and O–H groups in total. The van der Waals surface area contributed by atoms with Gasteiger partial charge in [0.15, 0.2) is 5.75 Å². The van der Waals surface area contributed by atoms with Crippen molar-refractivity contribution in [2.24, 2.45) is 10.9 Å². The zero-order valence-corrected chi connectivity index (χ0v) is 23.7. The summed E-state index contributed by atoms with van der Waals surface area (Å²) in [5.74, 6) is 1.17. The van der Waals surface area contributed by atoms with E-state index in [2.05, 4.69) is 74.8 Å². The van der Waals surface area contributed by atoms with Gasteiger partial charge in [0.05, 0.1) is 16.2 Å². The number of hydrogen-bond acceptors (Lipinski definition) is 5. The van der Waals surface area contributed by atoms with Crippen LogP contribution < -0.4 is 9.50 Å². The zero-order chi connectivity index (χ0) is 27.0. The van der Waals surface area contributed by atoms with Crippen LogP contribution in [0.2, 0.25) is 0 Å². The average Bonchev–Trinajstić information content (AvgIpc) is 3.44. The van der Waals surface area contributed by atoms with Gasteiger partial charge in [0.2, 0.25) is 0 Å². The van der Waals surface area contributed by atoms with E-state index in [0.29, 0.717) is 16.3 Å². The van der Waals surface area contributed by atoms with E-state index in [1.807, 2.05) is 19.1 Å². The van der Waals surface area contributed by atoms with Crippen molar-refractivity contribution in [3.63, 3.8) is 0 Å². The number of halogens is 1. The molecule has 1 aliphatic carbocycles. The van der Waals surface area contributed by atoms with Crippen molar-refractivity contribution < 1.29 is 12.6 Å². The van der Waals surface area contributed by atoms with Crippen molar-refractivity contribution in [1.29, 1.82) is 0 Å². The summed E-state index contributed by atoms with van der Waals surface area (Å²) < 4.78 is 31.2. The standard InChI is InChI=1S/C32H27BrN2O3S/c1-21-9-16-25(17-10-21)39(36,37)38-31-18-11-22(19-29(31)33)20-34-24-14-12-23(13-15-24)32-28-7-4-6-26(28)27-5-2-3-8-30(27)35-32/h2-6,8-20,26,28,32,35H,7H2,1H3/t26-,28+,32-/m0/s1. The second kappa shape index (κ2) is 10.5. The number of para-hydroxylation sites is 1. The smallest absolute Gasteiger partial charge is 0.339 e. The average molecular weight is 600 g/mol. The number of rotatable bonds is 6. The SMILES string of the molecule is Cc1ccc(S(=O)(=O)Oc2ccc(C=Nc3ccc([C@@H]4Nc5ccccc5[C@@H]5C=CC[C@H]54)cc3)cc2Br)cc1. The first-order valence-corrected chi connectivity index (χ1v) is 15.0. The lowest BCUT2D eigenvalue weighted by Gasteiger charge is -2.37. The molecule has 7 heteroatoms. The van der Waals surface area contributed by atoms with Gasteiger partial charge in [-0.3, -0.25) is 4.99 Å². The number of anilines is 1. The van der Waals surface area contributed by atoms with Gasteiger partial charge in [0, 0.05) is 17.8 Å². The minimum absolute atomic E-state index is 0.112. The number of aliphatic imine (C=N–C) groups is 1. The third-order valence-corrected chi connectivity index (χ3v) is 9.22. The molecule has 0 bridgehead atoms. The van der Waals surface area contributed by atoms with Gasteiger partial charge in [-0.05, 0) is 100 Å². The molecule has 0 spiro atoms. The van der Waals surface area contributed by atoms with E-state index in [0.717, 1.165) is 23.2 Å². The molecule has 1 aliphatic heterocycles. The van der Waals surface area contributed by atoms with E-state index >= 15 is 0 Å². The number of aryl methyl sites for hydroxylation is 1. The first-order valence-electron chi connectivity index (χ1n) is 12.8. The number of hydrogen-bond donors (Lipinski definition) is 1. The highest BCUT2D eigenvalue weighted by atomic mass is 79.9. The van der Waals surface area contributed by atoms with Crippen LogP contribution in [0.3, 0.4) is 0 Å². The molecule has 0 aromatic heterocycles. The number of nitrogens with zero attached hydrogens (tertiary/aromatic N) is 1. The van der Waals surface area contributed by atoms with Gasteiger partial charge in [-0.1, -0.05) is 60.2 Å². The van der Waals surface area contributed by atoms with Crippen LogP contribution in [0.15, 0.2) is 118 Å². The summed E-state index contributed by atoms with van der Waals surface area (Å²) in [6.07, 6.45) is 7.47. The predicted molar refractivity (Wildman–Crippen MR) is 160 cm³/mol. The molecule has 0 fully saturated rings. The van der Waals surface area contributed by atoms with Crippen molar-refractivity contribution in [1.82, 2.24) is 0 Å². The summed E-state index contributed by atoms with van der Waals surface area (Å²) in [5.41, 5.74) is 6.47. The zero-order valence-electron chi connectivity index (χ0n) is 21.3. The molecule has 6 rings (SSSR count). The number of nitrogens with one attached hydrogen (secondary N) is 1. The Balaban J connectivity index is 1.15. The van der Waals surface area contributed by atoms with Crippen molar-refractivity contribution in [3.05, 3.63) is 130 Å². The fraction of sp³-hybridized carbons (Fsp3) is 0.156. The lowest BCUT2D eigenvalue weighted by Crippen LogP contribution is -2.28. The first kappa shape index (κ1) is 25.6. The number of fused-ring (bicyclic) bond motifs is 3. The Bertz CT molecular complexity index is 1680. The highest BCUT2D eigenvalue weighted by molar-refractivity contribution is 9.10. The van der Waals surface area contributed by atoms with Crippen LogP contribution in [0, 0.1) is 12.8 Å². The molecule has 5 nitrogen and oxygen atoms in total. The fourth-order valence-corrected chi connectivity index (χ4v) is 6.86. The molecule has 39 heavy (non-hydrogen) atoms. The molecule has 0 amide bonds. The number of benzene rings is 4. The topological polar surface area (TPSA) is 67.8 Å². The molecular formula is C32H27BrN2O3S. The van der Waals surface area contributed by atoms with Crippen LogP contribution in [0.25, 0.3) is 0 Å². The Kier molecular flexibility index (Phi) is 6.87. The van der Waals surface area contributed by atoms with Crippen LogP contribution >= 0.6 is 15.9 Å². The van der Waals surface area contributed by atoms with Gasteiger partial charge in [-0.25, -0.2) is 0 Å². The summed E-state index contributed by atoms with van der Waals surface area (Å²) in [7, 11) is -3.93. The fourth-order valence-electron chi connectivity index (χ4n) is 5.33. The highest BCUT2D eigenvalue weighted by Crippen LogP contribution is 2.49. The van der Waals surface area contributed by atoms with E-state index in [9.17, 15) is 8.42 Å². The molecule has 3 atom stereocenters. The molecule has 4 aromatic carbocycles. The summed E-state index contributed by atoms with van der Waals surface area (Å²) >= 11 is 3.43. The Morgan fingerprint density at radius 1 is 0.974 bits per heavy atom. The van der Waals surface area contributed by atoms with Crippen LogP contribution in [0.5, 0.6) is 5.75 Å². The van der Waals surface area contributed by atoms with Crippen LogP contribution in [0.4, 0.5) is 11.4 Å². The van der Waals surface area contributed by atoms with Crippen molar-refractivity contribution >= 4 is 43.6 Å². The second-order valence-electron chi connectivity index (χ2n) is 9.95. The first-order chi connectivity index (χ1) is 18.9. The number of allylic oxidation sites excluding steroid dienone is 2. The minimum atomic E-state index is -3.93. The second-order valence-corrected chi connectivity index (χ2v) is 12.4. The maximum Gasteiger partial charge on any atom is 0.339 e. The lowest BCUT2D eigenvalue weighted by molar-refractivity contribution is 0.425. The summed E-state index contributed by atoms with van der Waals surface area (Å²) in [6, 6.07) is 28.9. The highest BCUT2D eigenvalue weighted by Gasteiger charge is 2.37. The van der Waals surface area contributed by atoms with Gasteiger partial charge in [0.25, 0.3) is 0 Å². The Morgan fingerprint density at radius 2 is 1.74 bits per heavy atom.